The number of aromatic nitrogens is 4. The van der Waals surface area contributed by atoms with Crippen LogP contribution in [0.5, 0.6) is 0 Å². The van der Waals surface area contributed by atoms with Crippen LogP contribution < -0.4 is 5.32 Å². The van der Waals surface area contributed by atoms with Gasteiger partial charge < -0.3 is 5.32 Å². The summed E-state index contributed by atoms with van der Waals surface area (Å²) in [4.78, 5) is 0. The number of aryl methyl sites for hydroxylation is 3. The molecule has 2 heterocycles. The average molecular weight is 312 g/mol. The van der Waals surface area contributed by atoms with Crippen LogP contribution in [0.25, 0.3) is 0 Å². The summed E-state index contributed by atoms with van der Waals surface area (Å²) in [6.07, 6.45) is 2.75. The van der Waals surface area contributed by atoms with E-state index in [0.29, 0.717) is 0 Å². The van der Waals surface area contributed by atoms with Crippen molar-refractivity contribution in [3.8, 4) is 0 Å². The molecule has 5 nitrogen and oxygen atoms in total. The summed E-state index contributed by atoms with van der Waals surface area (Å²) < 4.78 is 4.92. The minimum Gasteiger partial charge on any atom is -0.305 e. The number of nitrogens with zero attached hydrogens (tertiary/aromatic N) is 4. The van der Waals surface area contributed by atoms with E-state index in [9.17, 15) is 0 Å². The van der Waals surface area contributed by atoms with Crippen LogP contribution in [0.3, 0.4) is 0 Å². The first-order valence-electron chi connectivity index (χ1n) is 6.01. The van der Waals surface area contributed by atoms with Crippen LogP contribution in [0, 0.1) is 0 Å². The Labute approximate surface area is 115 Å². The van der Waals surface area contributed by atoms with E-state index in [0.717, 1.165) is 29.7 Å². The second kappa shape index (κ2) is 5.67. The van der Waals surface area contributed by atoms with Crippen molar-refractivity contribution in [1.29, 1.82) is 0 Å². The highest BCUT2D eigenvalue weighted by Crippen LogP contribution is 2.21. The average Bonchev–Trinajstić information content (AvgIpc) is 2.87. The van der Waals surface area contributed by atoms with Crippen LogP contribution in [0.15, 0.2) is 16.7 Å². The lowest BCUT2D eigenvalue weighted by Crippen LogP contribution is -2.17. The van der Waals surface area contributed by atoms with Crippen molar-refractivity contribution in [3.63, 3.8) is 0 Å². The molecule has 2 aromatic heterocycles. The molecule has 0 atom stereocenters. The largest absolute Gasteiger partial charge is 0.305 e. The monoisotopic (exact) mass is 311 g/mol. The van der Waals surface area contributed by atoms with Gasteiger partial charge in [0.05, 0.1) is 21.6 Å². The topological polar surface area (TPSA) is 47.7 Å². The van der Waals surface area contributed by atoms with Crippen molar-refractivity contribution < 1.29 is 0 Å². The van der Waals surface area contributed by atoms with Crippen molar-refractivity contribution in [2.45, 2.75) is 26.4 Å². The molecule has 0 aliphatic heterocycles. The van der Waals surface area contributed by atoms with Crippen molar-refractivity contribution in [2.24, 2.45) is 14.1 Å². The Morgan fingerprint density at radius 3 is 2.61 bits per heavy atom. The highest BCUT2D eigenvalue weighted by Gasteiger charge is 2.11. The maximum atomic E-state index is 4.47. The van der Waals surface area contributed by atoms with Crippen LogP contribution >= 0.6 is 15.9 Å². The summed E-state index contributed by atoms with van der Waals surface area (Å²) in [5, 5.41) is 12.0. The molecule has 2 aromatic rings. The maximum absolute atomic E-state index is 4.47. The molecule has 0 aliphatic carbocycles. The van der Waals surface area contributed by atoms with Gasteiger partial charge in [0.1, 0.15) is 0 Å². The summed E-state index contributed by atoms with van der Waals surface area (Å²) in [5.41, 5.74) is 3.45. The molecule has 0 aliphatic rings. The van der Waals surface area contributed by atoms with Crippen molar-refractivity contribution in [1.82, 2.24) is 24.9 Å². The third-order valence-electron chi connectivity index (χ3n) is 3.02. The van der Waals surface area contributed by atoms with Crippen LogP contribution in [0.1, 0.15) is 24.0 Å². The molecule has 6 heteroatoms. The molecule has 0 spiro atoms. The molecular formula is C12H18BrN5. The van der Waals surface area contributed by atoms with Gasteiger partial charge in [-0.25, -0.2) is 0 Å². The Morgan fingerprint density at radius 2 is 2.06 bits per heavy atom. The molecule has 18 heavy (non-hydrogen) atoms. The van der Waals surface area contributed by atoms with Gasteiger partial charge in [0.2, 0.25) is 0 Å². The quantitative estimate of drug-likeness (QED) is 0.915. The third-order valence-corrected chi connectivity index (χ3v) is 3.94. The predicted molar refractivity (Wildman–Crippen MR) is 74.0 cm³/mol. The van der Waals surface area contributed by atoms with E-state index >= 15 is 0 Å². The fourth-order valence-corrected chi connectivity index (χ4v) is 2.65. The summed E-state index contributed by atoms with van der Waals surface area (Å²) in [6.45, 7) is 3.70. The number of rotatable bonds is 5. The molecule has 0 saturated carbocycles. The molecule has 2 rings (SSSR count). The molecule has 1 N–H and O–H groups in total. The van der Waals surface area contributed by atoms with Gasteiger partial charge in [-0.1, -0.05) is 6.92 Å². The zero-order chi connectivity index (χ0) is 13.1. The summed E-state index contributed by atoms with van der Waals surface area (Å²) in [6, 6.07) is 2.02. The zero-order valence-electron chi connectivity index (χ0n) is 10.9. The van der Waals surface area contributed by atoms with Gasteiger partial charge in [-0.2, -0.15) is 10.2 Å². The van der Waals surface area contributed by atoms with Crippen LogP contribution in [-0.4, -0.2) is 19.6 Å². The molecular weight excluding hydrogens is 294 g/mol. The SMILES string of the molecule is CCc1nn(C)c(CNCc2ccnn2C)c1Br. The summed E-state index contributed by atoms with van der Waals surface area (Å²) in [7, 11) is 3.93. The molecule has 0 saturated heterocycles. The fourth-order valence-electron chi connectivity index (χ4n) is 1.90. The van der Waals surface area contributed by atoms with Gasteiger partial charge in [-0.15, -0.1) is 0 Å². The number of hydrogen-bond acceptors (Lipinski definition) is 3. The van der Waals surface area contributed by atoms with Gasteiger partial charge >= 0.3 is 0 Å². The normalized spacial score (nSPS) is 11.1. The van der Waals surface area contributed by atoms with Crippen molar-refractivity contribution >= 4 is 15.9 Å². The lowest BCUT2D eigenvalue weighted by Gasteiger charge is -2.06. The minimum absolute atomic E-state index is 0.787. The second-order valence-corrected chi connectivity index (χ2v) is 5.03. The minimum atomic E-state index is 0.787. The Balaban J connectivity index is 1.98. The van der Waals surface area contributed by atoms with E-state index in [1.54, 1.807) is 0 Å². The van der Waals surface area contributed by atoms with Gasteiger partial charge in [-0.05, 0) is 28.4 Å². The molecule has 0 amide bonds. The van der Waals surface area contributed by atoms with Gasteiger partial charge in [0.25, 0.3) is 0 Å². The van der Waals surface area contributed by atoms with Gasteiger partial charge in [0, 0.05) is 33.4 Å². The van der Waals surface area contributed by atoms with Crippen molar-refractivity contribution in [2.75, 3.05) is 0 Å². The lowest BCUT2D eigenvalue weighted by molar-refractivity contribution is 0.593. The maximum Gasteiger partial charge on any atom is 0.0767 e. The van der Waals surface area contributed by atoms with E-state index in [-0.39, 0.29) is 0 Å². The van der Waals surface area contributed by atoms with E-state index in [4.69, 9.17) is 0 Å². The third kappa shape index (κ3) is 2.64. The van der Waals surface area contributed by atoms with Gasteiger partial charge in [0.15, 0.2) is 0 Å². The molecule has 0 aromatic carbocycles. The Bertz CT molecular complexity index is 529. The number of halogens is 1. The van der Waals surface area contributed by atoms with Crippen LogP contribution in [-0.2, 0) is 33.6 Å². The fraction of sp³-hybridized carbons (Fsp3) is 0.500. The van der Waals surface area contributed by atoms with E-state index in [2.05, 4.69) is 38.4 Å². The predicted octanol–water partition coefficient (Wildman–Crippen LogP) is 1.77. The molecule has 0 unspecified atom stereocenters. The second-order valence-electron chi connectivity index (χ2n) is 4.23. The smallest absolute Gasteiger partial charge is 0.0767 e. The first kappa shape index (κ1) is 13.3. The first-order chi connectivity index (χ1) is 8.63. The molecule has 0 bridgehead atoms. The summed E-state index contributed by atoms with van der Waals surface area (Å²) in [5.74, 6) is 0. The highest BCUT2D eigenvalue weighted by molar-refractivity contribution is 9.10. The Hall–Kier alpha value is -1.14. The number of nitrogens with one attached hydrogen (secondary N) is 1. The van der Waals surface area contributed by atoms with E-state index < -0.39 is 0 Å². The van der Waals surface area contributed by atoms with E-state index in [1.807, 2.05) is 35.7 Å². The summed E-state index contributed by atoms with van der Waals surface area (Å²) >= 11 is 3.61. The van der Waals surface area contributed by atoms with Crippen molar-refractivity contribution in [3.05, 3.63) is 33.8 Å². The Morgan fingerprint density at radius 1 is 1.28 bits per heavy atom. The van der Waals surface area contributed by atoms with E-state index in [1.165, 1.54) is 11.4 Å². The van der Waals surface area contributed by atoms with Gasteiger partial charge in [-0.3, -0.25) is 9.36 Å². The van der Waals surface area contributed by atoms with Crippen LogP contribution in [0.4, 0.5) is 0 Å². The Kier molecular flexibility index (Phi) is 4.19. The zero-order valence-corrected chi connectivity index (χ0v) is 12.5. The number of hydrogen-bond donors (Lipinski definition) is 1. The molecule has 0 radical (unpaired) electrons. The molecule has 0 fully saturated rings. The lowest BCUT2D eigenvalue weighted by atomic mass is 10.3. The molecule has 98 valence electrons. The standard InChI is InChI=1S/C12H18BrN5/c1-4-10-12(13)11(18(3)16-10)8-14-7-9-5-6-15-17(9)2/h5-6,14H,4,7-8H2,1-3H3. The highest BCUT2D eigenvalue weighted by atomic mass is 79.9. The van der Waals surface area contributed by atoms with Crippen LogP contribution in [0.2, 0.25) is 0 Å². The first-order valence-corrected chi connectivity index (χ1v) is 6.80.